The molecule has 1 aliphatic carbocycles. The van der Waals surface area contributed by atoms with Gasteiger partial charge >= 0.3 is 18.2 Å². The van der Waals surface area contributed by atoms with E-state index >= 15 is 0 Å². The predicted molar refractivity (Wildman–Crippen MR) is 169 cm³/mol. The Kier molecular flexibility index (Phi) is 9.86. The van der Waals surface area contributed by atoms with Crippen LogP contribution in [0.5, 0.6) is 0 Å². The highest BCUT2D eigenvalue weighted by Crippen LogP contribution is 2.44. The molecular formula is C36H40N2O7. The standard InChI is InChI=1S/C36H40N2O7/c1-36(2,3)45-35(42)38-19-17-24(18-20-38)21-31(33(40)43-23-32(39)25-11-5-4-6-12-25)37-34(41)44-22-30-28-15-9-7-13-26(28)27-14-8-10-16-29(27)30/h4-16,24,30-31H,17-23H2,1-3H3,(H,37,41)/t31-/m1/s1. The van der Waals surface area contributed by atoms with Crippen molar-refractivity contribution in [2.75, 3.05) is 26.3 Å². The molecule has 2 aliphatic rings. The summed E-state index contributed by atoms with van der Waals surface area (Å²) in [7, 11) is 0. The Hall–Kier alpha value is -4.66. The number of Topliss-reactive ketones (excluding diaryl/α,β-unsaturated/α-hetero) is 1. The molecule has 1 atom stereocenters. The van der Waals surface area contributed by atoms with E-state index in [1.165, 1.54) is 0 Å². The van der Waals surface area contributed by atoms with Crippen LogP contribution in [0.15, 0.2) is 78.9 Å². The molecule has 236 valence electrons. The number of carbonyl (C=O) groups is 4. The quantitative estimate of drug-likeness (QED) is 0.170. The summed E-state index contributed by atoms with van der Waals surface area (Å²) in [5.41, 5.74) is 4.24. The maximum atomic E-state index is 13.3. The van der Waals surface area contributed by atoms with Gasteiger partial charge in [-0.1, -0.05) is 78.9 Å². The summed E-state index contributed by atoms with van der Waals surface area (Å²) in [6.45, 7) is 6.07. The number of rotatable bonds is 9. The van der Waals surface area contributed by atoms with Crippen LogP contribution in [-0.2, 0) is 19.0 Å². The highest BCUT2D eigenvalue weighted by Gasteiger charge is 2.33. The third-order valence-corrected chi connectivity index (χ3v) is 8.20. The lowest BCUT2D eigenvalue weighted by atomic mass is 9.90. The van der Waals surface area contributed by atoms with Crippen LogP contribution < -0.4 is 5.32 Å². The van der Waals surface area contributed by atoms with Crippen LogP contribution >= 0.6 is 0 Å². The number of esters is 1. The third kappa shape index (κ3) is 8.09. The number of piperidine rings is 1. The van der Waals surface area contributed by atoms with Crippen molar-refractivity contribution < 1.29 is 33.4 Å². The molecule has 9 nitrogen and oxygen atoms in total. The number of fused-ring (bicyclic) bond motifs is 3. The van der Waals surface area contributed by atoms with Gasteiger partial charge in [0.2, 0.25) is 0 Å². The minimum atomic E-state index is -1.03. The average Bonchev–Trinajstić information content (AvgIpc) is 3.35. The van der Waals surface area contributed by atoms with Crippen molar-refractivity contribution in [3.8, 4) is 11.1 Å². The van der Waals surface area contributed by atoms with Gasteiger partial charge < -0.3 is 24.4 Å². The molecule has 1 heterocycles. The monoisotopic (exact) mass is 612 g/mol. The molecule has 0 saturated carbocycles. The number of carbonyl (C=O) groups excluding carboxylic acids is 4. The third-order valence-electron chi connectivity index (χ3n) is 8.20. The Bertz CT molecular complexity index is 1480. The van der Waals surface area contributed by atoms with Crippen molar-refractivity contribution in [1.29, 1.82) is 0 Å². The van der Waals surface area contributed by atoms with Crippen LogP contribution in [0.4, 0.5) is 9.59 Å². The van der Waals surface area contributed by atoms with E-state index < -0.39 is 30.3 Å². The predicted octanol–water partition coefficient (Wildman–Crippen LogP) is 6.36. The molecule has 0 radical (unpaired) electrons. The summed E-state index contributed by atoms with van der Waals surface area (Å²) in [6, 6.07) is 23.7. The summed E-state index contributed by atoms with van der Waals surface area (Å²) in [5, 5.41) is 2.71. The molecule has 0 bridgehead atoms. The van der Waals surface area contributed by atoms with Crippen molar-refractivity contribution in [2.45, 2.75) is 57.6 Å². The first-order chi connectivity index (χ1) is 21.6. The van der Waals surface area contributed by atoms with Crippen LogP contribution in [0.1, 0.15) is 67.4 Å². The SMILES string of the molecule is CC(C)(C)OC(=O)N1CCC(C[C@@H](NC(=O)OCC2c3ccccc3-c3ccccc32)C(=O)OCC(=O)c2ccccc2)CC1. The number of ketones is 1. The van der Waals surface area contributed by atoms with Gasteiger partial charge in [-0.05, 0) is 68.2 Å². The number of alkyl carbamates (subject to hydrolysis) is 1. The summed E-state index contributed by atoms with van der Waals surface area (Å²) in [5.74, 6) is -1.15. The Morgan fingerprint density at radius 1 is 0.822 bits per heavy atom. The first-order valence-electron chi connectivity index (χ1n) is 15.4. The normalized spacial score (nSPS) is 15.4. The Morgan fingerprint density at radius 2 is 1.40 bits per heavy atom. The molecular weight excluding hydrogens is 572 g/mol. The number of benzene rings is 3. The van der Waals surface area contributed by atoms with Crippen molar-refractivity contribution in [3.63, 3.8) is 0 Å². The van der Waals surface area contributed by atoms with Gasteiger partial charge in [-0.15, -0.1) is 0 Å². The fourth-order valence-corrected chi connectivity index (χ4v) is 5.95. The molecule has 3 aromatic rings. The number of likely N-dealkylation sites (tertiary alicyclic amines) is 1. The van der Waals surface area contributed by atoms with E-state index in [0.717, 1.165) is 22.3 Å². The Balaban J connectivity index is 1.22. The number of amides is 2. The fraction of sp³-hybridized carbons (Fsp3) is 0.389. The van der Waals surface area contributed by atoms with E-state index in [2.05, 4.69) is 17.4 Å². The number of nitrogens with one attached hydrogen (secondary N) is 1. The van der Waals surface area contributed by atoms with Crippen molar-refractivity contribution in [1.82, 2.24) is 10.2 Å². The molecule has 2 amide bonds. The van der Waals surface area contributed by atoms with Gasteiger partial charge in [0.15, 0.2) is 12.4 Å². The highest BCUT2D eigenvalue weighted by molar-refractivity contribution is 5.98. The van der Waals surface area contributed by atoms with Crippen LogP contribution in [0.2, 0.25) is 0 Å². The van der Waals surface area contributed by atoms with E-state index in [-0.39, 0.29) is 36.7 Å². The van der Waals surface area contributed by atoms with Crippen molar-refractivity contribution in [2.24, 2.45) is 5.92 Å². The van der Waals surface area contributed by atoms with E-state index in [9.17, 15) is 19.2 Å². The maximum absolute atomic E-state index is 13.3. The highest BCUT2D eigenvalue weighted by atomic mass is 16.6. The average molecular weight is 613 g/mol. The van der Waals surface area contributed by atoms with E-state index in [1.807, 2.05) is 57.2 Å². The molecule has 1 fully saturated rings. The Labute approximate surface area is 263 Å². The van der Waals surface area contributed by atoms with Crippen LogP contribution in [0.3, 0.4) is 0 Å². The first-order valence-corrected chi connectivity index (χ1v) is 15.4. The van der Waals surface area contributed by atoms with E-state index in [4.69, 9.17) is 14.2 Å². The lowest BCUT2D eigenvalue weighted by Gasteiger charge is -2.34. The lowest BCUT2D eigenvalue weighted by Crippen LogP contribution is -2.46. The molecule has 3 aromatic carbocycles. The molecule has 1 aliphatic heterocycles. The second-order valence-corrected chi connectivity index (χ2v) is 12.6. The van der Waals surface area contributed by atoms with Crippen molar-refractivity contribution >= 4 is 23.9 Å². The van der Waals surface area contributed by atoms with E-state index in [1.54, 1.807) is 35.2 Å². The number of nitrogens with zero attached hydrogens (tertiary/aromatic N) is 1. The summed E-state index contributed by atoms with van der Waals surface area (Å²) >= 11 is 0. The van der Waals surface area contributed by atoms with Gasteiger partial charge in [0.25, 0.3) is 0 Å². The first kappa shape index (κ1) is 31.8. The second kappa shape index (κ2) is 14.0. The van der Waals surface area contributed by atoms with Gasteiger partial charge in [-0.3, -0.25) is 4.79 Å². The minimum absolute atomic E-state index is 0.0277. The van der Waals surface area contributed by atoms with Gasteiger partial charge in [-0.25, -0.2) is 14.4 Å². The largest absolute Gasteiger partial charge is 0.456 e. The van der Waals surface area contributed by atoms with Crippen LogP contribution in [0.25, 0.3) is 11.1 Å². The van der Waals surface area contributed by atoms with Crippen molar-refractivity contribution in [3.05, 3.63) is 95.6 Å². The zero-order valence-corrected chi connectivity index (χ0v) is 26.0. The van der Waals surface area contributed by atoms with E-state index in [0.29, 0.717) is 31.5 Å². The zero-order valence-electron chi connectivity index (χ0n) is 26.0. The van der Waals surface area contributed by atoms with Gasteiger partial charge in [0.1, 0.15) is 18.2 Å². The topological polar surface area (TPSA) is 111 Å². The number of hydrogen-bond acceptors (Lipinski definition) is 7. The van der Waals surface area contributed by atoms with Gasteiger partial charge in [0.05, 0.1) is 0 Å². The molecule has 0 spiro atoms. The molecule has 1 N–H and O–H groups in total. The minimum Gasteiger partial charge on any atom is -0.456 e. The lowest BCUT2D eigenvalue weighted by molar-refractivity contribution is -0.145. The molecule has 0 aromatic heterocycles. The smallest absolute Gasteiger partial charge is 0.410 e. The molecule has 9 heteroatoms. The maximum Gasteiger partial charge on any atom is 0.410 e. The number of ether oxygens (including phenoxy) is 3. The molecule has 0 unspecified atom stereocenters. The van der Waals surface area contributed by atoms with Gasteiger partial charge in [-0.2, -0.15) is 0 Å². The summed E-state index contributed by atoms with van der Waals surface area (Å²) < 4.78 is 16.6. The Morgan fingerprint density at radius 3 is 2.00 bits per heavy atom. The second-order valence-electron chi connectivity index (χ2n) is 12.6. The number of hydrogen-bond donors (Lipinski definition) is 1. The van der Waals surface area contributed by atoms with Gasteiger partial charge in [0, 0.05) is 24.6 Å². The zero-order chi connectivity index (χ0) is 32.0. The fourth-order valence-electron chi connectivity index (χ4n) is 5.95. The molecule has 5 rings (SSSR count). The van der Waals surface area contributed by atoms with Crippen LogP contribution in [0, 0.1) is 5.92 Å². The molecule has 45 heavy (non-hydrogen) atoms. The van der Waals surface area contributed by atoms with Crippen LogP contribution in [-0.4, -0.2) is 66.8 Å². The summed E-state index contributed by atoms with van der Waals surface area (Å²) in [4.78, 5) is 53.2. The molecule has 1 saturated heterocycles. The summed E-state index contributed by atoms with van der Waals surface area (Å²) in [6.07, 6.45) is 0.425.